The van der Waals surface area contributed by atoms with Crippen LogP contribution in [0.5, 0.6) is 0 Å². The van der Waals surface area contributed by atoms with Gasteiger partial charge in [0, 0.05) is 38.0 Å². The van der Waals surface area contributed by atoms with Crippen LogP contribution >= 0.6 is 0 Å². The molecule has 0 saturated carbocycles. The smallest absolute Gasteiger partial charge is 0.0612 e. The fraction of sp³-hybridized carbons (Fsp3) is 0.769. The number of ether oxygens (including phenoxy) is 1. The zero-order valence-corrected chi connectivity index (χ0v) is 11.0. The van der Waals surface area contributed by atoms with Crippen molar-refractivity contribution in [3.8, 4) is 0 Å². The molecule has 4 nitrogen and oxygen atoms in total. The lowest BCUT2D eigenvalue weighted by Gasteiger charge is -2.32. The van der Waals surface area contributed by atoms with Crippen molar-refractivity contribution in [2.75, 3.05) is 6.61 Å². The topological polar surface area (TPSA) is 39.1 Å². The number of nitrogens with one attached hydrogen (secondary N) is 1. The van der Waals surface area contributed by atoms with Crippen LogP contribution in [0.1, 0.15) is 32.3 Å². The van der Waals surface area contributed by atoms with E-state index in [0.717, 1.165) is 26.0 Å². The number of aryl methyl sites for hydroxylation is 1. The van der Waals surface area contributed by atoms with Gasteiger partial charge in [-0.25, -0.2) is 0 Å². The average Bonchev–Trinajstić information content (AvgIpc) is 2.73. The Bertz CT molecular complexity index is 348. The largest absolute Gasteiger partial charge is 0.378 e. The lowest BCUT2D eigenvalue weighted by Crippen LogP contribution is -2.40. The molecule has 1 fully saturated rings. The molecule has 1 N–H and O–H groups in total. The molecule has 0 radical (unpaired) electrons. The van der Waals surface area contributed by atoms with E-state index in [0.29, 0.717) is 18.1 Å². The molecule has 1 aliphatic heterocycles. The standard InChI is InChI=1S/C13H23N3O/c1-10(2)13-6-12(4-5-17-13)14-7-11-8-15-16(3)9-11/h8-10,12-14H,4-7H2,1-3H3. The minimum absolute atomic E-state index is 0.412. The maximum Gasteiger partial charge on any atom is 0.0612 e. The molecule has 17 heavy (non-hydrogen) atoms. The quantitative estimate of drug-likeness (QED) is 0.866. The Labute approximate surface area is 103 Å². The van der Waals surface area contributed by atoms with Crippen molar-refractivity contribution in [1.29, 1.82) is 0 Å². The van der Waals surface area contributed by atoms with E-state index in [2.05, 4.69) is 30.5 Å². The second kappa shape index (κ2) is 5.65. The van der Waals surface area contributed by atoms with E-state index in [4.69, 9.17) is 4.74 Å². The lowest BCUT2D eigenvalue weighted by molar-refractivity contribution is -0.0245. The summed E-state index contributed by atoms with van der Waals surface area (Å²) in [6.45, 7) is 6.25. The first-order valence-corrected chi connectivity index (χ1v) is 6.47. The van der Waals surface area contributed by atoms with Gasteiger partial charge in [-0.05, 0) is 18.8 Å². The van der Waals surface area contributed by atoms with Crippen LogP contribution in [0.15, 0.2) is 12.4 Å². The first kappa shape index (κ1) is 12.6. The number of hydrogen-bond acceptors (Lipinski definition) is 3. The summed E-state index contributed by atoms with van der Waals surface area (Å²) in [5.41, 5.74) is 1.25. The number of hydrogen-bond donors (Lipinski definition) is 1. The molecule has 0 spiro atoms. The highest BCUT2D eigenvalue weighted by Crippen LogP contribution is 2.20. The summed E-state index contributed by atoms with van der Waals surface area (Å²) in [4.78, 5) is 0. The van der Waals surface area contributed by atoms with Gasteiger partial charge in [-0.15, -0.1) is 0 Å². The molecule has 1 aliphatic rings. The van der Waals surface area contributed by atoms with Gasteiger partial charge in [-0.1, -0.05) is 13.8 Å². The van der Waals surface area contributed by atoms with Gasteiger partial charge in [-0.3, -0.25) is 4.68 Å². The van der Waals surface area contributed by atoms with Crippen molar-refractivity contribution < 1.29 is 4.74 Å². The minimum atomic E-state index is 0.412. The van der Waals surface area contributed by atoms with Crippen LogP contribution < -0.4 is 5.32 Å². The van der Waals surface area contributed by atoms with Gasteiger partial charge in [0.05, 0.1) is 12.3 Å². The third-order valence-electron chi connectivity index (χ3n) is 3.41. The van der Waals surface area contributed by atoms with E-state index in [1.165, 1.54) is 5.56 Å². The summed E-state index contributed by atoms with van der Waals surface area (Å²) >= 11 is 0. The van der Waals surface area contributed by atoms with Crippen LogP contribution in [0.25, 0.3) is 0 Å². The van der Waals surface area contributed by atoms with Crippen LogP contribution in [0, 0.1) is 5.92 Å². The Hall–Kier alpha value is -0.870. The molecule has 2 atom stereocenters. The summed E-state index contributed by atoms with van der Waals surface area (Å²) in [5, 5.41) is 7.78. The van der Waals surface area contributed by atoms with E-state index in [1.54, 1.807) is 0 Å². The van der Waals surface area contributed by atoms with Gasteiger partial charge < -0.3 is 10.1 Å². The zero-order valence-electron chi connectivity index (χ0n) is 11.0. The highest BCUT2D eigenvalue weighted by Gasteiger charge is 2.24. The average molecular weight is 237 g/mol. The summed E-state index contributed by atoms with van der Waals surface area (Å²) in [5.74, 6) is 0.609. The molecule has 0 aliphatic carbocycles. The van der Waals surface area contributed by atoms with Crippen molar-refractivity contribution in [3.63, 3.8) is 0 Å². The molecule has 0 aromatic carbocycles. The van der Waals surface area contributed by atoms with Crippen LogP contribution in [0.2, 0.25) is 0 Å². The summed E-state index contributed by atoms with van der Waals surface area (Å²) in [6, 6.07) is 0.580. The molecule has 0 amide bonds. The molecule has 0 bridgehead atoms. The van der Waals surface area contributed by atoms with Gasteiger partial charge >= 0.3 is 0 Å². The second-order valence-corrected chi connectivity index (χ2v) is 5.28. The van der Waals surface area contributed by atoms with Gasteiger partial charge in [0.1, 0.15) is 0 Å². The van der Waals surface area contributed by atoms with Crippen molar-refractivity contribution in [2.45, 2.75) is 45.4 Å². The maximum atomic E-state index is 5.77. The van der Waals surface area contributed by atoms with Crippen molar-refractivity contribution in [3.05, 3.63) is 18.0 Å². The molecular formula is C13H23N3O. The van der Waals surface area contributed by atoms with Crippen molar-refractivity contribution >= 4 is 0 Å². The van der Waals surface area contributed by atoms with E-state index in [9.17, 15) is 0 Å². The lowest BCUT2D eigenvalue weighted by atomic mass is 9.95. The van der Waals surface area contributed by atoms with Gasteiger partial charge in [0.25, 0.3) is 0 Å². The number of rotatable bonds is 4. The molecule has 96 valence electrons. The predicted molar refractivity (Wildman–Crippen MR) is 67.6 cm³/mol. The summed E-state index contributed by atoms with van der Waals surface area (Å²) in [7, 11) is 1.95. The Morgan fingerprint density at radius 2 is 2.41 bits per heavy atom. The molecular weight excluding hydrogens is 214 g/mol. The second-order valence-electron chi connectivity index (χ2n) is 5.28. The minimum Gasteiger partial charge on any atom is -0.378 e. The van der Waals surface area contributed by atoms with Gasteiger partial charge in [0.2, 0.25) is 0 Å². The molecule has 2 unspecified atom stereocenters. The number of nitrogens with zero attached hydrogens (tertiary/aromatic N) is 2. The van der Waals surface area contributed by atoms with Crippen LogP contribution in [0.4, 0.5) is 0 Å². The third-order valence-corrected chi connectivity index (χ3v) is 3.41. The normalized spacial score (nSPS) is 25.4. The van der Waals surface area contributed by atoms with Crippen LogP contribution in [-0.4, -0.2) is 28.5 Å². The van der Waals surface area contributed by atoms with E-state index in [1.807, 2.05) is 17.9 Å². The Morgan fingerprint density at radius 3 is 3.06 bits per heavy atom. The first-order chi connectivity index (χ1) is 8.15. The molecule has 2 heterocycles. The number of aromatic nitrogens is 2. The summed E-state index contributed by atoms with van der Waals surface area (Å²) < 4.78 is 7.61. The molecule has 1 aromatic rings. The molecule has 2 rings (SSSR count). The Kier molecular flexibility index (Phi) is 4.18. The van der Waals surface area contributed by atoms with Crippen molar-refractivity contribution in [1.82, 2.24) is 15.1 Å². The first-order valence-electron chi connectivity index (χ1n) is 6.47. The predicted octanol–water partition coefficient (Wildman–Crippen LogP) is 1.71. The fourth-order valence-electron chi connectivity index (χ4n) is 2.30. The van der Waals surface area contributed by atoms with Crippen LogP contribution in [-0.2, 0) is 18.3 Å². The Balaban J connectivity index is 1.79. The SMILES string of the molecule is CC(C)C1CC(NCc2cnn(C)c2)CCO1. The zero-order chi connectivity index (χ0) is 12.3. The van der Waals surface area contributed by atoms with Gasteiger partial charge in [0.15, 0.2) is 0 Å². The monoisotopic (exact) mass is 237 g/mol. The molecule has 1 saturated heterocycles. The van der Waals surface area contributed by atoms with E-state index < -0.39 is 0 Å². The third kappa shape index (κ3) is 3.54. The molecule has 4 heteroatoms. The van der Waals surface area contributed by atoms with Crippen LogP contribution in [0.3, 0.4) is 0 Å². The fourth-order valence-corrected chi connectivity index (χ4v) is 2.30. The highest BCUT2D eigenvalue weighted by molar-refractivity contribution is 5.03. The molecule has 1 aromatic heterocycles. The van der Waals surface area contributed by atoms with E-state index in [-0.39, 0.29) is 0 Å². The van der Waals surface area contributed by atoms with E-state index >= 15 is 0 Å². The Morgan fingerprint density at radius 1 is 1.59 bits per heavy atom. The van der Waals surface area contributed by atoms with Crippen molar-refractivity contribution in [2.24, 2.45) is 13.0 Å². The van der Waals surface area contributed by atoms with Gasteiger partial charge in [-0.2, -0.15) is 5.10 Å². The highest BCUT2D eigenvalue weighted by atomic mass is 16.5. The maximum absolute atomic E-state index is 5.77. The summed E-state index contributed by atoms with van der Waals surface area (Å²) in [6.07, 6.45) is 6.63.